The van der Waals surface area contributed by atoms with E-state index in [1.165, 1.54) is 26.0 Å². The van der Waals surface area contributed by atoms with E-state index in [9.17, 15) is 34.8 Å². The van der Waals surface area contributed by atoms with E-state index in [0.717, 1.165) is 5.57 Å². The molecule has 6 rings (SSSR count). The monoisotopic (exact) mass is 560 g/mol. The first-order valence-electron chi connectivity index (χ1n) is 14.3. The molecule has 1 spiro atoms. The van der Waals surface area contributed by atoms with Gasteiger partial charge in [0.15, 0.2) is 5.78 Å². The molecule has 0 unspecified atom stereocenters. The lowest BCUT2D eigenvalue weighted by atomic mass is 9.42. The van der Waals surface area contributed by atoms with E-state index < -0.39 is 69.4 Å². The summed E-state index contributed by atoms with van der Waals surface area (Å²) in [6, 6.07) is 0. The van der Waals surface area contributed by atoms with E-state index in [1.807, 2.05) is 0 Å². The van der Waals surface area contributed by atoms with E-state index >= 15 is 0 Å². The Morgan fingerprint density at radius 2 is 1.88 bits per heavy atom. The van der Waals surface area contributed by atoms with Crippen LogP contribution >= 0.6 is 0 Å². The van der Waals surface area contributed by atoms with Crippen LogP contribution in [0.4, 0.5) is 0 Å². The van der Waals surface area contributed by atoms with Crippen LogP contribution < -0.4 is 0 Å². The molecule has 4 aliphatic carbocycles. The number of hydrogen-bond acceptors (Lipinski definition) is 10. The fourth-order valence-electron chi connectivity index (χ4n) is 9.72. The number of fused-ring (bicyclic) bond motifs is 4. The number of carbonyl (C=O) groups is 3. The molecule has 220 valence electrons. The van der Waals surface area contributed by atoms with E-state index in [2.05, 4.69) is 0 Å². The highest BCUT2D eigenvalue weighted by molar-refractivity contribution is 5.98. The lowest BCUT2D eigenvalue weighted by Gasteiger charge is -2.64. The van der Waals surface area contributed by atoms with E-state index in [1.54, 1.807) is 20.8 Å². The van der Waals surface area contributed by atoms with Gasteiger partial charge in [-0.05, 0) is 83.8 Å². The molecule has 3 saturated carbocycles. The molecule has 0 radical (unpaired) electrons. The van der Waals surface area contributed by atoms with Crippen LogP contribution in [0.2, 0.25) is 0 Å². The third-order valence-electron chi connectivity index (χ3n) is 12.3. The second kappa shape index (κ2) is 8.25. The van der Waals surface area contributed by atoms with Gasteiger partial charge in [0.25, 0.3) is 0 Å². The molecule has 2 aliphatic heterocycles. The number of rotatable bonds is 4. The number of aliphatic hydroxyl groups excluding tert-OH is 1. The number of hydrogen-bond donors (Lipinski definition) is 4. The largest absolute Gasteiger partial charge is 0.465 e. The minimum absolute atomic E-state index is 0.0410. The Balaban J connectivity index is 1.45. The summed E-state index contributed by atoms with van der Waals surface area (Å²) in [4.78, 5) is 38.2. The quantitative estimate of drug-likeness (QED) is 0.291. The first-order chi connectivity index (χ1) is 18.5. The van der Waals surface area contributed by atoms with Gasteiger partial charge in [-0.3, -0.25) is 9.59 Å². The molecule has 11 atom stereocenters. The molecule has 10 nitrogen and oxygen atoms in total. The normalized spacial score (nSPS) is 50.7. The van der Waals surface area contributed by atoms with Gasteiger partial charge < -0.3 is 34.6 Å². The number of ketones is 1. The third-order valence-corrected chi connectivity index (χ3v) is 12.3. The minimum atomic E-state index is -2.01. The molecular weight excluding hydrogens is 520 g/mol. The molecule has 1 saturated heterocycles. The van der Waals surface area contributed by atoms with Crippen LogP contribution in [0.15, 0.2) is 23.3 Å². The average Bonchev–Trinajstić information content (AvgIpc) is 3.58. The predicted molar refractivity (Wildman–Crippen MR) is 138 cm³/mol. The molecule has 40 heavy (non-hydrogen) atoms. The topological polar surface area (TPSA) is 163 Å². The van der Waals surface area contributed by atoms with E-state index in [4.69, 9.17) is 14.2 Å². The van der Waals surface area contributed by atoms with Crippen LogP contribution in [0.1, 0.15) is 73.1 Å². The van der Waals surface area contributed by atoms with Gasteiger partial charge >= 0.3 is 11.9 Å². The zero-order valence-electron chi connectivity index (χ0n) is 23.7. The molecule has 0 aromatic carbocycles. The van der Waals surface area contributed by atoms with Gasteiger partial charge in [-0.1, -0.05) is 5.57 Å². The van der Waals surface area contributed by atoms with Crippen LogP contribution in [-0.4, -0.2) is 85.5 Å². The van der Waals surface area contributed by atoms with Crippen LogP contribution in [-0.2, 0) is 28.6 Å². The summed E-state index contributed by atoms with van der Waals surface area (Å²) in [7, 11) is 0. The molecule has 10 heteroatoms. The number of allylic oxidation sites excluding steroid dienone is 1. The van der Waals surface area contributed by atoms with Crippen molar-refractivity contribution in [2.24, 2.45) is 22.7 Å². The molecule has 6 aliphatic rings. The standard InChI is InChI=1S/C30H40O10/c1-15-12-22(39-24(34)16(15)2)26(5,35)29(37)11-10-28(36)19-13-23-30(40-23)21(33)7-6-20(32)25(30,4)18(19)8-9-27(28,29)14-38-17(3)31/h6-7,18-19,21-23,33,35-37H,8-14H2,1-5H3/t18-,19+,21-,22+,23+,25-,26-,27+,28+,29+,30+/m0/s1. The summed E-state index contributed by atoms with van der Waals surface area (Å²) in [6.45, 7) is 7.55. The first kappa shape index (κ1) is 28.0. The summed E-state index contributed by atoms with van der Waals surface area (Å²) >= 11 is 0. The Hall–Kier alpha value is -2.11. The molecule has 0 amide bonds. The second-order valence-corrected chi connectivity index (χ2v) is 13.6. The van der Waals surface area contributed by atoms with Crippen molar-refractivity contribution in [3.05, 3.63) is 23.3 Å². The number of cyclic esters (lactones) is 1. The molecule has 0 aromatic heterocycles. The highest BCUT2D eigenvalue weighted by Crippen LogP contribution is 2.75. The highest BCUT2D eigenvalue weighted by Gasteiger charge is 2.85. The summed E-state index contributed by atoms with van der Waals surface area (Å²) in [6.07, 6.45) is 1.41. The van der Waals surface area contributed by atoms with Gasteiger partial charge in [0.05, 0.1) is 22.5 Å². The van der Waals surface area contributed by atoms with Crippen molar-refractivity contribution in [3.63, 3.8) is 0 Å². The molecule has 2 heterocycles. The van der Waals surface area contributed by atoms with Crippen LogP contribution in [0.3, 0.4) is 0 Å². The smallest absolute Gasteiger partial charge is 0.334 e. The SMILES string of the molecule is CC(=O)OC[C@]12CC[C@H]3[C@@H](C[C@H]4O[C@]45[C@@H](O)C=CC(=O)[C@]35C)[C@]1(O)CC[C@@]2(O)[C@@](C)(O)[C@H]1CC(C)=C(C)C(=O)O1. The maximum Gasteiger partial charge on any atom is 0.334 e. The van der Waals surface area contributed by atoms with Gasteiger partial charge in [-0.25, -0.2) is 4.79 Å². The van der Waals surface area contributed by atoms with Gasteiger partial charge in [-0.15, -0.1) is 0 Å². The molecule has 4 N–H and O–H groups in total. The third kappa shape index (κ3) is 2.99. The summed E-state index contributed by atoms with van der Waals surface area (Å²) < 4.78 is 17.3. The minimum Gasteiger partial charge on any atom is -0.465 e. The Bertz CT molecular complexity index is 1250. The number of carbonyl (C=O) groups excluding carboxylic acids is 3. The highest BCUT2D eigenvalue weighted by atomic mass is 16.6. The van der Waals surface area contributed by atoms with Crippen LogP contribution in [0, 0.1) is 22.7 Å². The second-order valence-electron chi connectivity index (χ2n) is 13.6. The Kier molecular flexibility index (Phi) is 5.78. The van der Waals surface area contributed by atoms with Crippen molar-refractivity contribution in [1.82, 2.24) is 0 Å². The molecule has 0 bridgehead atoms. The fraction of sp³-hybridized carbons (Fsp3) is 0.767. The van der Waals surface area contributed by atoms with Crippen molar-refractivity contribution in [2.45, 2.75) is 114 Å². The van der Waals surface area contributed by atoms with Crippen LogP contribution in [0.5, 0.6) is 0 Å². The number of epoxide rings is 1. The van der Waals surface area contributed by atoms with Crippen molar-refractivity contribution >= 4 is 17.7 Å². The lowest BCUT2D eigenvalue weighted by molar-refractivity contribution is -0.297. The summed E-state index contributed by atoms with van der Waals surface area (Å²) in [5.74, 6) is -2.28. The van der Waals surface area contributed by atoms with Crippen molar-refractivity contribution < 1.29 is 49.0 Å². The number of esters is 2. The number of ether oxygens (including phenoxy) is 3. The predicted octanol–water partition coefficient (Wildman–Crippen LogP) is 1.27. The Labute approximate surface area is 233 Å². The zero-order chi connectivity index (χ0) is 29.3. The fourth-order valence-corrected chi connectivity index (χ4v) is 9.72. The van der Waals surface area contributed by atoms with E-state index in [-0.39, 0.29) is 44.0 Å². The molecule has 0 aromatic rings. The van der Waals surface area contributed by atoms with Gasteiger partial charge in [0, 0.05) is 18.9 Å². The van der Waals surface area contributed by atoms with E-state index in [0.29, 0.717) is 18.4 Å². The van der Waals surface area contributed by atoms with Crippen molar-refractivity contribution in [2.75, 3.05) is 6.61 Å². The van der Waals surface area contributed by atoms with Crippen molar-refractivity contribution in [3.8, 4) is 0 Å². The molecule has 4 fully saturated rings. The maximum atomic E-state index is 13.5. The summed E-state index contributed by atoms with van der Waals surface area (Å²) in [5.41, 5.74) is -8.16. The van der Waals surface area contributed by atoms with Gasteiger partial charge in [0.1, 0.15) is 35.6 Å². The van der Waals surface area contributed by atoms with Gasteiger partial charge in [0.2, 0.25) is 0 Å². The van der Waals surface area contributed by atoms with Crippen LogP contribution in [0.25, 0.3) is 0 Å². The van der Waals surface area contributed by atoms with Gasteiger partial charge in [-0.2, -0.15) is 0 Å². The zero-order valence-corrected chi connectivity index (χ0v) is 23.7. The maximum absolute atomic E-state index is 13.5. The average molecular weight is 561 g/mol. The first-order valence-corrected chi connectivity index (χ1v) is 14.3. The Morgan fingerprint density at radius 1 is 1.18 bits per heavy atom. The summed E-state index contributed by atoms with van der Waals surface area (Å²) in [5, 5.41) is 48.5. The Morgan fingerprint density at radius 3 is 2.52 bits per heavy atom. The van der Waals surface area contributed by atoms with Crippen molar-refractivity contribution in [1.29, 1.82) is 0 Å². The molecular formula is C30H40O10. The lowest BCUT2D eigenvalue weighted by Crippen LogP contribution is -2.75. The number of aliphatic hydroxyl groups is 4.